The first-order valence-electron chi connectivity index (χ1n) is 20.9. The number of amides is 3. The number of nitro benzene ring substituents is 1. The average Bonchev–Trinajstić information content (AvgIpc) is 3.68. The Balaban J connectivity index is 1.17. The van der Waals surface area contributed by atoms with Gasteiger partial charge in [-0.3, -0.25) is 24.5 Å². The molecular formula is C46H53N5O8Si. The molecule has 4 aromatic carbocycles. The molecule has 0 bridgehead atoms. The summed E-state index contributed by atoms with van der Waals surface area (Å²) < 4.78 is 12.7. The molecule has 3 amide bonds. The van der Waals surface area contributed by atoms with E-state index in [1.807, 2.05) is 79.7 Å². The van der Waals surface area contributed by atoms with Crippen LogP contribution in [0.4, 0.5) is 17.1 Å². The first-order valence-corrected chi connectivity index (χ1v) is 23.9. The van der Waals surface area contributed by atoms with Crippen molar-refractivity contribution in [1.82, 2.24) is 10.2 Å². The molecule has 4 heterocycles. The molecule has 1 unspecified atom stereocenters. The average molecular weight is 832 g/mol. The number of carbonyl (C=O) groups excluding carboxylic acids is 3. The number of non-ortho nitro benzene ring substituents is 1. The lowest BCUT2D eigenvalue weighted by molar-refractivity contribution is -0.385. The van der Waals surface area contributed by atoms with E-state index in [4.69, 9.17) is 9.47 Å². The zero-order valence-electron chi connectivity index (χ0n) is 34.6. The molecule has 14 heteroatoms. The Labute approximate surface area is 351 Å². The van der Waals surface area contributed by atoms with Gasteiger partial charge in [0.15, 0.2) is 5.60 Å². The van der Waals surface area contributed by atoms with Crippen molar-refractivity contribution in [2.75, 3.05) is 37.0 Å². The van der Waals surface area contributed by atoms with Crippen molar-refractivity contribution in [2.45, 2.75) is 82.1 Å². The highest BCUT2D eigenvalue weighted by atomic mass is 28.3. The van der Waals surface area contributed by atoms with Crippen LogP contribution in [0, 0.1) is 22.0 Å². The maximum atomic E-state index is 15.4. The van der Waals surface area contributed by atoms with Crippen LogP contribution in [0.15, 0.2) is 91.0 Å². The monoisotopic (exact) mass is 831 g/mol. The molecule has 4 aliphatic heterocycles. The minimum Gasteiger partial charge on any atom is -0.497 e. The fraction of sp³-hybridized carbons (Fsp3) is 0.413. The molecule has 6 atom stereocenters. The van der Waals surface area contributed by atoms with Gasteiger partial charge in [0.1, 0.15) is 5.75 Å². The van der Waals surface area contributed by atoms with Gasteiger partial charge in [-0.05, 0) is 78.4 Å². The summed E-state index contributed by atoms with van der Waals surface area (Å²) >= 11 is 0. The number of fused-ring (bicyclic) bond motifs is 3. The second kappa shape index (κ2) is 16.6. The van der Waals surface area contributed by atoms with Crippen molar-refractivity contribution in [3.05, 3.63) is 123 Å². The molecule has 4 aliphatic rings. The largest absolute Gasteiger partial charge is 0.497 e. The molecule has 0 aliphatic carbocycles. The molecule has 0 aromatic heterocycles. The van der Waals surface area contributed by atoms with Gasteiger partial charge < -0.3 is 35.0 Å². The number of rotatable bonds is 11. The Morgan fingerprint density at radius 2 is 1.82 bits per heavy atom. The lowest BCUT2D eigenvalue weighted by Crippen LogP contribution is -2.52. The summed E-state index contributed by atoms with van der Waals surface area (Å²) in [5.74, 6) is -0.539. The highest BCUT2D eigenvalue weighted by Gasteiger charge is 2.67. The SMILES string of the molecule is COc1ccc([Si](C)(C)[C@H]2[C@H](CC(=O)N3Cc4ccccc4C[C@H]3CO)O[C@@]3(C(=O)N(Cc4cccc(NC(=O)C5CCCNC5)c4)c4ccc([N+](=O)[O-])cc43)[C@@H]2C)cc1. The third-order valence-corrected chi connectivity index (χ3v) is 17.9. The summed E-state index contributed by atoms with van der Waals surface area (Å²) in [4.78, 5) is 58.4. The molecule has 13 nitrogen and oxygen atoms in total. The number of carbonyl (C=O) groups is 3. The van der Waals surface area contributed by atoms with Gasteiger partial charge in [0.2, 0.25) is 11.8 Å². The van der Waals surface area contributed by atoms with Crippen LogP contribution >= 0.6 is 0 Å². The van der Waals surface area contributed by atoms with E-state index in [0.29, 0.717) is 42.2 Å². The van der Waals surface area contributed by atoms with E-state index >= 15 is 4.79 Å². The van der Waals surface area contributed by atoms with E-state index in [1.165, 1.54) is 12.1 Å². The van der Waals surface area contributed by atoms with E-state index < -0.39 is 36.7 Å². The quantitative estimate of drug-likeness (QED) is 0.0987. The Morgan fingerprint density at radius 1 is 1.05 bits per heavy atom. The minimum absolute atomic E-state index is 0.0438. The zero-order chi connectivity index (χ0) is 42.3. The van der Waals surface area contributed by atoms with Gasteiger partial charge in [-0.15, -0.1) is 0 Å². The highest BCUT2D eigenvalue weighted by Crippen LogP contribution is 2.60. The molecule has 8 rings (SSSR count). The number of nitro groups is 1. The topological polar surface area (TPSA) is 164 Å². The van der Waals surface area contributed by atoms with Crippen molar-refractivity contribution in [2.24, 2.45) is 11.8 Å². The fourth-order valence-electron chi connectivity index (χ4n) is 10.4. The van der Waals surface area contributed by atoms with Crippen molar-refractivity contribution < 1.29 is 33.9 Å². The Kier molecular flexibility index (Phi) is 11.4. The smallest absolute Gasteiger partial charge is 0.269 e. The molecule has 1 spiro atoms. The lowest BCUT2D eigenvalue weighted by atomic mass is 9.82. The molecule has 0 radical (unpaired) electrons. The summed E-state index contributed by atoms with van der Waals surface area (Å²) in [6, 6.07) is 27.3. The number of aliphatic hydroxyl groups excluding tert-OH is 1. The number of methoxy groups -OCH3 is 1. The maximum Gasteiger partial charge on any atom is 0.269 e. The number of hydrogen-bond donors (Lipinski definition) is 3. The highest BCUT2D eigenvalue weighted by molar-refractivity contribution is 6.91. The maximum absolute atomic E-state index is 15.4. The Morgan fingerprint density at radius 3 is 2.52 bits per heavy atom. The molecule has 60 heavy (non-hydrogen) atoms. The van der Waals surface area contributed by atoms with Gasteiger partial charge in [-0.1, -0.05) is 73.7 Å². The van der Waals surface area contributed by atoms with Gasteiger partial charge in [0.05, 0.1) is 63.4 Å². The minimum atomic E-state index is -2.67. The number of hydrogen-bond acceptors (Lipinski definition) is 9. The zero-order valence-corrected chi connectivity index (χ0v) is 35.6. The van der Waals surface area contributed by atoms with Crippen LogP contribution in [0.5, 0.6) is 5.75 Å². The molecule has 3 N–H and O–H groups in total. The number of nitrogens with zero attached hydrogens (tertiary/aromatic N) is 3. The fourth-order valence-corrected chi connectivity index (χ4v) is 14.4. The first-order chi connectivity index (χ1) is 28.8. The number of piperidine rings is 1. The number of aliphatic hydroxyl groups is 1. The van der Waals surface area contributed by atoms with E-state index in [2.05, 4.69) is 23.7 Å². The van der Waals surface area contributed by atoms with Gasteiger partial charge in [0.25, 0.3) is 11.6 Å². The summed E-state index contributed by atoms with van der Waals surface area (Å²) in [6.07, 6.45) is 1.48. The van der Waals surface area contributed by atoms with Crippen LogP contribution in [0.3, 0.4) is 0 Å². The molecule has 314 valence electrons. The van der Waals surface area contributed by atoms with Crippen LogP contribution < -0.4 is 25.5 Å². The second-order valence-corrected chi connectivity index (χ2v) is 22.0. The third-order valence-electron chi connectivity index (χ3n) is 13.5. The Hall–Kier alpha value is -5.41. The van der Waals surface area contributed by atoms with Crippen molar-refractivity contribution in [1.29, 1.82) is 0 Å². The van der Waals surface area contributed by atoms with Crippen LogP contribution in [0.1, 0.15) is 48.4 Å². The van der Waals surface area contributed by atoms with Crippen molar-refractivity contribution >= 4 is 48.0 Å². The molecule has 2 saturated heterocycles. The first kappa shape index (κ1) is 41.3. The molecule has 4 aromatic rings. The van der Waals surface area contributed by atoms with Crippen LogP contribution in [0.25, 0.3) is 0 Å². The van der Waals surface area contributed by atoms with Gasteiger partial charge in [-0.25, -0.2) is 0 Å². The predicted molar refractivity (Wildman–Crippen MR) is 231 cm³/mol. The molecule has 0 saturated carbocycles. The van der Waals surface area contributed by atoms with Gasteiger partial charge >= 0.3 is 0 Å². The van der Waals surface area contributed by atoms with Gasteiger partial charge in [-0.2, -0.15) is 0 Å². The summed E-state index contributed by atoms with van der Waals surface area (Å²) in [7, 11) is -1.06. The van der Waals surface area contributed by atoms with Gasteiger partial charge in [0, 0.05) is 42.4 Å². The Bertz CT molecular complexity index is 2300. The van der Waals surface area contributed by atoms with E-state index in [-0.39, 0.29) is 54.4 Å². The van der Waals surface area contributed by atoms with Crippen LogP contribution in [-0.2, 0) is 44.2 Å². The molecular weight excluding hydrogens is 779 g/mol. The number of nitrogens with one attached hydrogen (secondary N) is 2. The van der Waals surface area contributed by atoms with Crippen LogP contribution in [-0.4, -0.2) is 79.7 Å². The summed E-state index contributed by atoms with van der Waals surface area (Å²) in [6.45, 7) is 8.21. The number of benzene rings is 4. The number of anilines is 2. The summed E-state index contributed by atoms with van der Waals surface area (Å²) in [5, 5.41) is 30.3. The van der Waals surface area contributed by atoms with E-state index in [9.17, 15) is 24.8 Å². The third kappa shape index (κ3) is 7.39. The predicted octanol–water partition coefficient (Wildman–Crippen LogP) is 5.64. The molecule has 2 fully saturated rings. The lowest BCUT2D eigenvalue weighted by Gasteiger charge is -2.39. The normalized spacial score (nSPS) is 24.9. The second-order valence-electron chi connectivity index (χ2n) is 17.3. The van der Waals surface area contributed by atoms with E-state index in [1.54, 1.807) is 23.0 Å². The standard InChI is InChI=1S/C46H53N5O8Si/c1-29-43(60(3,4)38-17-15-37(58-2)16-18-38)41(24-42(53)49-27-33-11-6-5-10-31(33)22-36(49)28-52)59-46(29)39-23-35(51(56)57)14-19-40(39)50(45(46)55)26-30-9-7-13-34(21-30)48-44(54)32-12-8-20-47-25-32/h5-7,9-11,13-19,21,23,29,32,36,41,43,47,52H,8,12,20,22,24-28H2,1-4H3,(H,48,54)/t29-,32?,36+,41+,43-,46+/m1/s1. The number of ether oxygens (including phenoxy) is 2. The summed E-state index contributed by atoms with van der Waals surface area (Å²) in [5.41, 5.74) is 2.29. The van der Waals surface area contributed by atoms with E-state index in [0.717, 1.165) is 41.3 Å². The van der Waals surface area contributed by atoms with Crippen molar-refractivity contribution in [3.8, 4) is 5.75 Å². The van der Waals surface area contributed by atoms with Crippen LogP contribution in [0.2, 0.25) is 18.6 Å². The van der Waals surface area contributed by atoms with Crippen molar-refractivity contribution in [3.63, 3.8) is 0 Å².